The number of hydrogen-bond donors (Lipinski definition) is 1. The molecule has 0 amide bonds. The molecule has 0 unspecified atom stereocenters. The molecule has 0 saturated carbocycles. The number of hydrogen-bond acceptors (Lipinski definition) is 4. The molecule has 1 saturated heterocycles. The van der Waals surface area contributed by atoms with Gasteiger partial charge in [0.05, 0.1) is 6.42 Å². The van der Waals surface area contributed by atoms with Crippen LogP contribution >= 0.6 is 0 Å². The van der Waals surface area contributed by atoms with Gasteiger partial charge in [-0.15, -0.1) is 12.8 Å². The quantitative estimate of drug-likeness (QED) is 0.193. The zero-order valence-electron chi connectivity index (χ0n) is 22.6. The number of aldehydes is 1. The number of terminal acetylenes is 1. The maximum Gasteiger partial charge on any atom is 0.390 e. The van der Waals surface area contributed by atoms with Gasteiger partial charge in [-0.3, -0.25) is 0 Å². The van der Waals surface area contributed by atoms with Crippen LogP contribution in [-0.2, 0) is 4.79 Å². The molecular formula is C29H44F3N3O. The predicted molar refractivity (Wildman–Crippen MR) is 147 cm³/mol. The molecule has 1 aliphatic rings. The highest BCUT2D eigenvalue weighted by atomic mass is 19.4. The van der Waals surface area contributed by atoms with E-state index in [1.54, 1.807) is 4.90 Å². The van der Waals surface area contributed by atoms with E-state index in [4.69, 9.17) is 0 Å². The van der Waals surface area contributed by atoms with Crippen molar-refractivity contribution in [2.75, 3.05) is 33.7 Å². The lowest BCUT2D eigenvalue weighted by Crippen LogP contribution is -2.36. The summed E-state index contributed by atoms with van der Waals surface area (Å²) in [7, 11) is 3.93. The van der Waals surface area contributed by atoms with Gasteiger partial charge >= 0.3 is 6.18 Å². The van der Waals surface area contributed by atoms with Crippen molar-refractivity contribution in [1.82, 2.24) is 15.1 Å². The summed E-state index contributed by atoms with van der Waals surface area (Å²) in [6.45, 7) is 15.1. The maximum atomic E-state index is 11.9. The average Bonchev–Trinajstić information content (AvgIpc) is 2.89. The lowest BCUT2D eigenvalue weighted by molar-refractivity contribution is -0.139. The molecule has 0 spiro atoms. The Labute approximate surface area is 217 Å². The summed E-state index contributed by atoms with van der Waals surface area (Å²) < 4.78 is 35.6. The Morgan fingerprint density at radius 3 is 2.11 bits per heavy atom. The molecular weight excluding hydrogens is 463 g/mol. The zero-order valence-corrected chi connectivity index (χ0v) is 22.6. The van der Waals surface area contributed by atoms with Crippen LogP contribution in [0.2, 0.25) is 0 Å². The maximum absolute atomic E-state index is 11.9. The SMILES string of the molecule is C#C.C=CC(=C/C)/C(=C\C/C(=C/C)N(C)C=C)/C=C(\C)NC.O=CC1CCN(CCC(F)(F)F)CC1. The number of alkyl halides is 3. The van der Waals surface area contributed by atoms with E-state index in [9.17, 15) is 18.0 Å². The van der Waals surface area contributed by atoms with Crippen molar-refractivity contribution in [3.05, 3.63) is 72.3 Å². The molecule has 0 aromatic carbocycles. The molecule has 1 fully saturated rings. The third kappa shape index (κ3) is 15.8. The molecule has 0 aromatic rings. The van der Waals surface area contributed by atoms with E-state index in [2.05, 4.69) is 62.5 Å². The number of likely N-dealkylation sites (tertiary alicyclic amines) is 1. The van der Waals surface area contributed by atoms with E-state index in [1.807, 2.05) is 45.1 Å². The largest absolute Gasteiger partial charge is 0.392 e. The van der Waals surface area contributed by atoms with Gasteiger partial charge in [0.15, 0.2) is 0 Å². The van der Waals surface area contributed by atoms with Gasteiger partial charge in [0, 0.05) is 44.4 Å². The summed E-state index contributed by atoms with van der Waals surface area (Å²) in [6.07, 6.45) is 18.6. The molecule has 4 nitrogen and oxygen atoms in total. The summed E-state index contributed by atoms with van der Waals surface area (Å²) >= 11 is 0. The van der Waals surface area contributed by atoms with Crippen molar-refractivity contribution in [3.8, 4) is 12.8 Å². The van der Waals surface area contributed by atoms with Crippen LogP contribution in [-0.4, -0.2) is 56.0 Å². The second-order valence-electron chi connectivity index (χ2n) is 8.14. The Morgan fingerprint density at radius 1 is 1.14 bits per heavy atom. The van der Waals surface area contributed by atoms with E-state index in [0.717, 1.165) is 24.0 Å². The molecule has 36 heavy (non-hydrogen) atoms. The van der Waals surface area contributed by atoms with E-state index >= 15 is 0 Å². The fourth-order valence-corrected chi connectivity index (χ4v) is 3.36. The molecule has 0 atom stereocenters. The molecule has 1 N–H and O–H groups in total. The number of rotatable bonds is 11. The van der Waals surface area contributed by atoms with Crippen LogP contribution in [0.4, 0.5) is 13.2 Å². The Balaban J connectivity index is 0. The highest BCUT2D eigenvalue weighted by molar-refractivity contribution is 5.53. The van der Waals surface area contributed by atoms with Crippen molar-refractivity contribution >= 4 is 6.29 Å². The summed E-state index contributed by atoms with van der Waals surface area (Å²) in [4.78, 5) is 14.2. The number of carbonyl (C=O) groups excluding carboxylic acids is 1. The third-order valence-corrected chi connectivity index (χ3v) is 5.76. The second-order valence-corrected chi connectivity index (χ2v) is 8.14. The first-order valence-electron chi connectivity index (χ1n) is 12.0. The second kappa shape index (κ2) is 20.2. The van der Waals surface area contributed by atoms with Crippen LogP contribution in [0, 0.1) is 18.8 Å². The summed E-state index contributed by atoms with van der Waals surface area (Å²) in [5.74, 6) is 0.0529. The Bertz CT molecular complexity index is 796. The van der Waals surface area contributed by atoms with Gasteiger partial charge < -0.3 is 19.9 Å². The summed E-state index contributed by atoms with van der Waals surface area (Å²) in [5, 5.41) is 3.15. The first kappa shape index (κ1) is 35.2. The van der Waals surface area contributed by atoms with Crippen LogP contribution in [0.15, 0.2) is 72.3 Å². The van der Waals surface area contributed by atoms with Crippen LogP contribution in [0.5, 0.6) is 0 Å². The number of nitrogens with one attached hydrogen (secondary N) is 1. The molecule has 1 rings (SSSR count). The third-order valence-electron chi connectivity index (χ3n) is 5.76. The highest BCUT2D eigenvalue weighted by Crippen LogP contribution is 2.22. The lowest BCUT2D eigenvalue weighted by Gasteiger charge is -2.29. The van der Waals surface area contributed by atoms with Crippen molar-refractivity contribution in [3.63, 3.8) is 0 Å². The molecule has 7 heteroatoms. The van der Waals surface area contributed by atoms with Crippen molar-refractivity contribution in [2.45, 2.75) is 52.6 Å². The first-order chi connectivity index (χ1) is 17.0. The van der Waals surface area contributed by atoms with Crippen molar-refractivity contribution in [2.24, 2.45) is 5.92 Å². The van der Waals surface area contributed by atoms with Gasteiger partial charge in [0.25, 0.3) is 0 Å². The molecule has 0 aromatic heterocycles. The number of halogens is 3. The van der Waals surface area contributed by atoms with Crippen molar-refractivity contribution < 1.29 is 18.0 Å². The van der Waals surface area contributed by atoms with Gasteiger partial charge in [-0.2, -0.15) is 13.2 Å². The van der Waals surface area contributed by atoms with E-state index in [0.29, 0.717) is 25.9 Å². The molecule has 1 aliphatic heterocycles. The fraction of sp³-hybridized carbons (Fsp3) is 0.483. The normalized spacial score (nSPS) is 16.1. The first-order valence-corrected chi connectivity index (χ1v) is 12.0. The minimum Gasteiger partial charge on any atom is -0.392 e. The fourth-order valence-electron chi connectivity index (χ4n) is 3.36. The summed E-state index contributed by atoms with van der Waals surface area (Å²) in [5.41, 5.74) is 4.64. The van der Waals surface area contributed by atoms with Gasteiger partial charge in [0.2, 0.25) is 0 Å². The van der Waals surface area contributed by atoms with Gasteiger partial charge in [-0.25, -0.2) is 0 Å². The number of carbonyl (C=O) groups is 1. The van der Waals surface area contributed by atoms with E-state index in [1.165, 1.54) is 11.3 Å². The van der Waals surface area contributed by atoms with Crippen LogP contribution < -0.4 is 5.32 Å². The standard InChI is InChI=1S/C18H28N2.C9H14F3NO.C2H2/c1-8-16(9-2)17(14-15(5)19-6)12-13-18(10-3)20(7)11-4;10-9(11,12)3-6-13-4-1-8(7-14)2-5-13;1-2/h8-12,14,19H,1,4,13H2,2-3,5-7H3;7-8H,1-6H2;1-2H/b15-14+,16-9-,17-12-,18-10-;;. The number of nitrogens with zero attached hydrogens (tertiary/aromatic N) is 2. The van der Waals surface area contributed by atoms with Crippen LogP contribution in [0.3, 0.4) is 0 Å². The smallest absolute Gasteiger partial charge is 0.390 e. The highest BCUT2D eigenvalue weighted by Gasteiger charge is 2.28. The number of allylic oxidation sites excluding steroid dienone is 8. The molecule has 0 aliphatic carbocycles. The Morgan fingerprint density at radius 2 is 1.72 bits per heavy atom. The molecule has 1 heterocycles. The van der Waals surface area contributed by atoms with Crippen molar-refractivity contribution in [1.29, 1.82) is 0 Å². The van der Waals surface area contributed by atoms with E-state index in [-0.39, 0.29) is 12.5 Å². The average molecular weight is 508 g/mol. The topological polar surface area (TPSA) is 35.6 Å². The van der Waals surface area contributed by atoms with Gasteiger partial charge in [0.1, 0.15) is 6.29 Å². The van der Waals surface area contributed by atoms with Gasteiger partial charge in [-0.1, -0.05) is 37.5 Å². The molecule has 0 radical (unpaired) electrons. The lowest BCUT2D eigenvalue weighted by atomic mass is 9.98. The van der Waals surface area contributed by atoms with Crippen LogP contribution in [0.25, 0.3) is 0 Å². The van der Waals surface area contributed by atoms with Gasteiger partial charge in [-0.05, 0) is 70.1 Å². The van der Waals surface area contributed by atoms with E-state index < -0.39 is 12.6 Å². The Kier molecular flexibility index (Phi) is 19.8. The summed E-state index contributed by atoms with van der Waals surface area (Å²) in [6, 6.07) is 0. The monoisotopic (exact) mass is 507 g/mol. The Hall–Kier alpha value is -2.98. The number of piperidine rings is 1. The predicted octanol–water partition coefficient (Wildman–Crippen LogP) is 6.64. The minimum absolute atomic E-state index is 0.0529. The minimum atomic E-state index is -4.07. The molecule has 202 valence electrons. The zero-order chi connectivity index (χ0) is 28.1. The molecule has 0 bridgehead atoms. The van der Waals surface area contributed by atoms with Crippen LogP contribution in [0.1, 0.15) is 46.5 Å².